The van der Waals surface area contributed by atoms with E-state index in [-0.39, 0.29) is 0 Å². The monoisotopic (exact) mass is 405 g/mol. The predicted octanol–water partition coefficient (Wildman–Crippen LogP) is 3.70. The normalized spacial score (nSPS) is 15.2. The van der Waals surface area contributed by atoms with Crippen LogP contribution in [0.3, 0.4) is 0 Å². The Morgan fingerprint density at radius 2 is 1.00 bits per heavy atom. The van der Waals surface area contributed by atoms with E-state index in [9.17, 15) is 61.9 Å². The highest BCUT2D eigenvalue weighted by Gasteiger charge is 2.89. The molecule has 0 spiro atoms. The van der Waals surface area contributed by atoms with Gasteiger partial charge >= 0.3 is 36.2 Å². The second-order valence-electron chi connectivity index (χ2n) is 4.21. The zero-order chi connectivity index (χ0) is 20.9. The van der Waals surface area contributed by atoms with Crippen LogP contribution in [0.4, 0.5) is 57.1 Å². The SMILES string of the molecule is C=C(C(N)=O)C(F)(F)C(F)(F)OC(C(F)(F)F)(C(F)(F)F)C(F)(F)F. The zero-order valence-electron chi connectivity index (χ0n) is 11.0. The van der Waals surface area contributed by atoms with Crippen molar-refractivity contribution in [3.05, 3.63) is 12.2 Å². The van der Waals surface area contributed by atoms with E-state index in [1.165, 1.54) is 0 Å². The molecule has 0 rings (SSSR count). The Bertz CT molecular complexity index is 505. The summed E-state index contributed by atoms with van der Waals surface area (Å²) in [5.41, 5.74) is -6.42. The molecule has 2 N–H and O–H groups in total. The third kappa shape index (κ3) is 3.62. The smallest absolute Gasteiger partial charge is 0.366 e. The quantitative estimate of drug-likeness (QED) is 0.561. The molecule has 25 heavy (non-hydrogen) atoms. The Morgan fingerprint density at radius 3 is 1.20 bits per heavy atom. The van der Waals surface area contributed by atoms with Gasteiger partial charge in [-0.25, -0.2) is 0 Å². The van der Waals surface area contributed by atoms with Crippen LogP contribution in [0.15, 0.2) is 12.2 Å². The number of carbonyl (C=O) groups is 1. The molecule has 0 aliphatic carbocycles. The molecular formula is C9H4F13NO2. The standard InChI is InChI=1S/C9H4F13NO2/c1-2(3(23)24)4(10,11)9(21,22)25-5(6(12,13)14,7(15,16)17)8(18,19)20/h1H2,(H2,23,24). The van der Waals surface area contributed by atoms with Gasteiger partial charge in [-0.05, 0) is 0 Å². The maximum Gasteiger partial charge on any atom is 0.436 e. The van der Waals surface area contributed by atoms with Gasteiger partial charge in [0.05, 0.1) is 5.57 Å². The van der Waals surface area contributed by atoms with E-state index in [2.05, 4.69) is 5.73 Å². The summed E-state index contributed by atoms with van der Waals surface area (Å²) in [4.78, 5) is 10.3. The molecule has 0 atom stereocenters. The molecule has 0 aromatic heterocycles. The van der Waals surface area contributed by atoms with Gasteiger partial charge in [0, 0.05) is 0 Å². The van der Waals surface area contributed by atoms with Crippen LogP contribution < -0.4 is 5.73 Å². The van der Waals surface area contributed by atoms with Crippen molar-refractivity contribution in [2.24, 2.45) is 5.73 Å². The average molecular weight is 405 g/mol. The first-order chi connectivity index (χ1) is 10.6. The highest BCUT2D eigenvalue weighted by molar-refractivity contribution is 5.93. The summed E-state index contributed by atoms with van der Waals surface area (Å²) in [6.07, 6.45) is -30.2. The molecule has 0 aromatic carbocycles. The van der Waals surface area contributed by atoms with Crippen molar-refractivity contribution < 1.29 is 66.6 Å². The van der Waals surface area contributed by atoms with E-state index in [0.29, 0.717) is 0 Å². The first-order valence-electron chi connectivity index (χ1n) is 5.21. The lowest BCUT2D eigenvalue weighted by atomic mass is 10.0. The fraction of sp³-hybridized carbons (Fsp3) is 0.667. The second kappa shape index (κ2) is 5.91. The Balaban J connectivity index is 6.59. The van der Waals surface area contributed by atoms with Crippen LogP contribution in [0.1, 0.15) is 0 Å². The zero-order valence-corrected chi connectivity index (χ0v) is 11.0. The van der Waals surface area contributed by atoms with Crippen molar-refractivity contribution in [1.29, 1.82) is 0 Å². The first kappa shape index (κ1) is 23.3. The molecule has 16 heteroatoms. The summed E-state index contributed by atoms with van der Waals surface area (Å²) < 4.78 is 166. The fourth-order valence-corrected chi connectivity index (χ4v) is 1.24. The van der Waals surface area contributed by atoms with Gasteiger partial charge in [0.2, 0.25) is 5.91 Å². The van der Waals surface area contributed by atoms with Crippen molar-refractivity contribution in [2.45, 2.75) is 36.2 Å². The van der Waals surface area contributed by atoms with Crippen LogP contribution in [-0.4, -0.2) is 42.1 Å². The Kier molecular flexibility index (Phi) is 5.50. The summed E-state index contributed by atoms with van der Waals surface area (Å²) in [5, 5.41) is 0. The van der Waals surface area contributed by atoms with Crippen molar-refractivity contribution in [3.63, 3.8) is 0 Å². The lowest BCUT2D eigenvalue weighted by Crippen LogP contribution is -2.71. The summed E-state index contributed by atoms with van der Waals surface area (Å²) in [7, 11) is 0. The maximum atomic E-state index is 13.2. The first-order valence-corrected chi connectivity index (χ1v) is 5.21. The number of hydrogen-bond acceptors (Lipinski definition) is 2. The second-order valence-corrected chi connectivity index (χ2v) is 4.21. The Labute approximate surface area is 128 Å². The molecule has 0 radical (unpaired) electrons. The minimum atomic E-state index is -7.70. The molecule has 0 saturated heterocycles. The van der Waals surface area contributed by atoms with Gasteiger partial charge in [0.1, 0.15) is 0 Å². The molecule has 0 heterocycles. The Hall–Kier alpha value is -1.74. The van der Waals surface area contributed by atoms with E-state index < -0.39 is 47.6 Å². The fourth-order valence-electron chi connectivity index (χ4n) is 1.24. The highest BCUT2D eigenvalue weighted by Crippen LogP contribution is 2.58. The lowest BCUT2D eigenvalue weighted by molar-refractivity contribution is -0.514. The van der Waals surface area contributed by atoms with Gasteiger partial charge in [-0.15, -0.1) is 0 Å². The summed E-state index contributed by atoms with van der Waals surface area (Å²) in [5.74, 6) is -8.99. The minimum Gasteiger partial charge on any atom is -0.366 e. The van der Waals surface area contributed by atoms with Crippen molar-refractivity contribution in [2.75, 3.05) is 0 Å². The molecule has 1 amide bonds. The molecule has 0 unspecified atom stereocenters. The van der Waals surface area contributed by atoms with Gasteiger partial charge in [-0.2, -0.15) is 57.1 Å². The number of nitrogens with two attached hydrogens (primary N) is 1. The van der Waals surface area contributed by atoms with E-state index in [1.54, 1.807) is 4.74 Å². The number of hydrogen-bond donors (Lipinski definition) is 1. The largest absolute Gasteiger partial charge is 0.436 e. The highest BCUT2D eigenvalue weighted by atomic mass is 19.4. The number of primary amides is 1. The number of rotatable bonds is 5. The number of carbonyl (C=O) groups excluding carboxylic acids is 1. The van der Waals surface area contributed by atoms with Crippen LogP contribution in [0.5, 0.6) is 0 Å². The third-order valence-corrected chi connectivity index (χ3v) is 2.52. The molecule has 148 valence electrons. The van der Waals surface area contributed by atoms with Gasteiger partial charge in [0.25, 0.3) is 0 Å². The molecule has 0 saturated carbocycles. The van der Waals surface area contributed by atoms with E-state index in [0.717, 1.165) is 0 Å². The van der Waals surface area contributed by atoms with E-state index in [4.69, 9.17) is 0 Å². The predicted molar refractivity (Wildman–Crippen MR) is 50.2 cm³/mol. The van der Waals surface area contributed by atoms with Crippen LogP contribution in [0.2, 0.25) is 0 Å². The number of amides is 1. The molecule has 3 nitrogen and oxygen atoms in total. The molecule has 0 aliphatic rings. The van der Waals surface area contributed by atoms with Gasteiger partial charge in [0.15, 0.2) is 0 Å². The summed E-state index contributed by atoms with van der Waals surface area (Å²) in [6, 6.07) is 0. The molecule has 0 aliphatic heterocycles. The minimum absolute atomic E-state index is 1.63. The summed E-state index contributed by atoms with van der Waals surface area (Å²) >= 11 is 0. The maximum absolute atomic E-state index is 13.2. The third-order valence-electron chi connectivity index (χ3n) is 2.52. The van der Waals surface area contributed by atoms with Crippen molar-refractivity contribution in [3.8, 4) is 0 Å². The van der Waals surface area contributed by atoms with E-state index >= 15 is 0 Å². The van der Waals surface area contributed by atoms with Crippen molar-refractivity contribution >= 4 is 5.91 Å². The van der Waals surface area contributed by atoms with Gasteiger partial charge in [-0.3, -0.25) is 9.53 Å². The Morgan fingerprint density at radius 1 is 0.720 bits per heavy atom. The van der Waals surface area contributed by atoms with Gasteiger partial charge in [-0.1, -0.05) is 6.58 Å². The molecule has 0 aromatic rings. The topological polar surface area (TPSA) is 52.3 Å². The lowest BCUT2D eigenvalue weighted by Gasteiger charge is -2.41. The number of alkyl halides is 13. The average Bonchev–Trinajstić information content (AvgIpc) is 2.29. The molecule has 0 bridgehead atoms. The number of ether oxygens (including phenoxy) is 1. The summed E-state index contributed by atoms with van der Waals surface area (Å²) in [6.45, 7) is 1.88. The van der Waals surface area contributed by atoms with Crippen LogP contribution in [0, 0.1) is 0 Å². The van der Waals surface area contributed by atoms with Crippen LogP contribution in [-0.2, 0) is 9.53 Å². The molecule has 0 fully saturated rings. The number of halogens is 13. The van der Waals surface area contributed by atoms with Crippen LogP contribution in [0.25, 0.3) is 0 Å². The van der Waals surface area contributed by atoms with Crippen molar-refractivity contribution in [1.82, 2.24) is 0 Å². The van der Waals surface area contributed by atoms with Crippen LogP contribution >= 0.6 is 0 Å². The van der Waals surface area contributed by atoms with Gasteiger partial charge < -0.3 is 5.73 Å². The van der Waals surface area contributed by atoms with E-state index in [1.807, 2.05) is 6.58 Å². The molecular weight excluding hydrogens is 401 g/mol.